The summed E-state index contributed by atoms with van der Waals surface area (Å²) in [6.45, 7) is 10.0. The molecule has 0 aliphatic rings. The number of hydrogen-bond acceptors (Lipinski definition) is 4. The number of methoxy groups -OCH3 is 1. The summed E-state index contributed by atoms with van der Waals surface area (Å²) >= 11 is 1.39. The van der Waals surface area contributed by atoms with Gasteiger partial charge in [-0.3, -0.25) is 4.79 Å². The van der Waals surface area contributed by atoms with Crippen molar-refractivity contribution in [1.29, 1.82) is 0 Å². The SMILES string of the molecule is COC(=O)c1c(NC(=O)c2ccc(C)c(C)c2)sc(C)c1-c1ccc(C)c(C)c1. The Morgan fingerprint density at radius 2 is 1.48 bits per heavy atom. The molecule has 0 aliphatic carbocycles. The number of esters is 1. The van der Waals surface area contributed by atoms with Gasteiger partial charge in [0.25, 0.3) is 5.91 Å². The molecule has 29 heavy (non-hydrogen) atoms. The van der Waals surface area contributed by atoms with Gasteiger partial charge in [0.05, 0.1) is 7.11 Å². The molecular weight excluding hydrogens is 382 g/mol. The number of aryl methyl sites for hydroxylation is 5. The van der Waals surface area contributed by atoms with Gasteiger partial charge >= 0.3 is 5.97 Å². The molecular formula is C24H25NO3S. The Balaban J connectivity index is 2.07. The number of carbonyl (C=O) groups is 2. The minimum atomic E-state index is -0.460. The van der Waals surface area contributed by atoms with Gasteiger partial charge in [-0.15, -0.1) is 11.3 Å². The third-order valence-electron chi connectivity index (χ3n) is 5.27. The van der Waals surface area contributed by atoms with E-state index in [0.717, 1.165) is 32.7 Å². The van der Waals surface area contributed by atoms with Crippen LogP contribution in [0.5, 0.6) is 0 Å². The largest absolute Gasteiger partial charge is 0.465 e. The molecule has 0 saturated carbocycles. The Kier molecular flexibility index (Phi) is 5.89. The second-order valence-electron chi connectivity index (χ2n) is 7.28. The highest BCUT2D eigenvalue weighted by Crippen LogP contribution is 2.41. The predicted octanol–water partition coefficient (Wildman–Crippen LogP) is 6.00. The van der Waals surface area contributed by atoms with Crippen molar-refractivity contribution in [3.63, 3.8) is 0 Å². The average Bonchev–Trinajstić information content (AvgIpc) is 3.01. The number of anilines is 1. The highest BCUT2D eigenvalue weighted by Gasteiger charge is 2.25. The summed E-state index contributed by atoms with van der Waals surface area (Å²) in [6.07, 6.45) is 0. The van der Waals surface area contributed by atoms with Crippen LogP contribution in [0, 0.1) is 34.6 Å². The lowest BCUT2D eigenvalue weighted by Gasteiger charge is -2.10. The molecule has 0 fully saturated rings. The van der Waals surface area contributed by atoms with Gasteiger partial charge in [-0.2, -0.15) is 0 Å². The molecule has 5 heteroatoms. The molecule has 1 N–H and O–H groups in total. The summed E-state index contributed by atoms with van der Waals surface area (Å²) < 4.78 is 5.04. The van der Waals surface area contributed by atoms with Crippen LogP contribution >= 0.6 is 11.3 Å². The van der Waals surface area contributed by atoms with E-state index in [4.69, 9.17) is 4.74 Å². The van der Waals surface area contributed by atoms with Crippen molar-refractivity contribution in [2.75, 3.05) is 12.4 Å². The van der Waals surface area contributed by atoms with E-state index in [1.165, 1.54) is 24.0 Å². The summed E-state index contributed by atoms with van der Waals surface area (Å²) in [5.41, 5.74) is 7.20. The van der Waals surface area contributed by atoms with Crippen molar-refractivity contribution < 1.29 is 14.3 Å². The first-order valence-electron chi connectivity index (χ1n) is 9.40. The fourth-order valence-electron chi connectivity index (χ4n) is 3.23. The lowest BCUT2D eigenvalue weighted by molar-refractivity contribution is 0.0603. The quantitative estimate of drug-likeness (QED) is 0.540. The Bertz CT molecular complexity index is 1110. The molecule has 3 rings (SSSR count). The standard InChI is InChI=1S/C24H25NO3S/c1-13-7-9-18(11-15(13)3)20-17(5)29-23(21(20)24(27)28-6)25-22(26)19-10-8-14(2)16(4)12-19/h7-12H,1-6H3,(H,25,26). The van der Waals surface area contributed by atoms with Gasteiger partial charge < -0.3 is 10.1 Å². The summed E-state index contributed by atoms with van der Waals surface area (Å²) in [7, 11) is 1.36. The van der Waals surface area contributed by atoms with Crippen LogP contribution < -0.4 is 5.32 Å². The summed E-state index contributed by atoms with van der Waals surface area (Å²) in [5.74, 6) is -0.705. The normalized spacial score (nSPS) is 10.7. The van der Waals surface area contributed by atoms with E-state index in [-0.39, 0.29) is 5.91 Å². The minimum absolute atomic E-state index is 0.244. The Morgan fingerprint density at radius 3 is 2.07 bits per heavy atom. The Morgan fingerprint density at radius 1 is 0.862 bits per heavy atom. The number of ether oxygens (including phenoxy) is 1. The highest BCUT2D eigenvalue weighted by atomic mass is 32.1. The monoisotopic (exact) mass is 407 g/mol. The molecule has 1 aromatic heterocycles. The summed E-state index contributed by atoms with van der Waals surface area (Å²) in [5, 5.41) is 3.43. The molecule has 0 aliphatic heterocycles. The van der Waals surface area contributed by atoms with Crippen LogP contribution in [0.2, 0.25) is 0 Å². The van der Waals surface area contributed by atoms with Crippen molar-refractivity contribution in [2.45, 2.75) is 34.6 Å². The van der Waals surface area contributed by atoms with Crippen LogP contribution in [0.3, 0.4) is 0 Å². The van der Waals surface area contributed by atoms with Crippen LogP contribution in [-0.2, 0) is 4.74 Å². The first-order chi connectivity index (χ1) is 13.7. The smallest absolute Gasteiger partial charge is 0.341 e. The molecule has 150 valence electrons. The average molecular weight is 408 g/mol. The van der Waals surface area contributed by atoms with Crippen molar-refractivity contribution in [2.24, 2.45) is 0 Å². The molecule has 1 heterocycles. The van der Waals surface area contributed by atoms with Crippen LogP contribution in [0.25, 0.3) is 11.1 Å². The maximum absolute atomic E-state index is 12.8. The predicted molar refractivity (Wildman–Crippen MR) is 119 cm³/mol. The van der Waals surface area contributed by atoms with Gasteiger partial charge in [0, 0.05) is 16.0 Å². The topological polar surface area (TPSA) is 55.4 Å². The van der Waals surface area contributed by atoms with Crippen LogP contribution in [0.1, 0.15) is 47.8 Å². The molecule has 3 aromatic rings. The third kappa shape index (κ3) is 4.10. The van der Waals surface area contributed by atoms with E-state index in [1.54, 1.807) is 6.07 Å². The second kappa shape index (κ2) is 8.21. The Hall–Kier alpha value is -2.92. The number of amides is 1. The zero-order valence-electron chi connectivity index (χ0n) is 17.6. The molecule has 0 spiro atoms. The number of benzene rings is 2. The van der Waals surface area contributed by atoms with Crippen LogP contribution in [0.4, 0.5) is 5.00 Å². The molecule has 0 radical (unpaired) electrons. The molecule has 1 amide bonds. The van der Waals surface area contributed by atoms with Gasteiger partial charge in [-0.25, -0.2) is 4.79 Å². The minimum Gasteiger partial charge on any atom is -0.465 e. The molecule has 0 bridgehead atoms. The molecule has 0 atom stereocenters. The van der Waals surface area contributed by atoms with Crippen molar-refractivity contribution >= 4 is 28.2 Å². The maximum Gasteiger partial charge on any atom is 0.341 e. The van der Waals surface area contributed by atoms with E-state index in [1.807, 2.05) is 52.0 Å². The fourth-order valence-corrected chi connectivity index (χ4v) is 4.29. The highest BCUT2D eigenvalue weighted by molar-refractivity contribution is 7.17. The number of thiophene rings is 1. The third-order valence-corrected chi connectivity index (χ3v) is 6.29. The van der Waals surface area contributed by atoms with Gasteiger partial charge in [-0.05, 0) is 74.6 Å². The first kappa shape index (κ1) is 20.8. The first-order valence-corrected chi connectivity index (χ1v) is 10.2. The molecule has 2 aromatic carbocycles. The Labute approximate surface area is 175 Å². The molecule has 0 unspecified atom stereocenters. The fraction of sp³-hybridized carbons (Fsp3) is 0.250. The number of nitrogens with one attached hydrogen (secondary N) is 1. The van der Waals surface area contributed by atoms with Crippen molar-refractivity contribution in [3.8, 4) is 11.1 Å². The van der Waals surface area contributed by atoms with Gasteiger partial charge in [0.2, 0.25) is 0 Å². The van der Waals surface area contributed by atoms with E-state index in [2.05, 4.69) is 18.3 Å². The lowest BCUT2D eigenvalue weighted by atomic mass is 9.97. The maximum atomic E-state index is 12.8. The zero-order chi connectivity index (χ0) is 21.3. The van der Waals surface area contributed by atoms with Crippen LogP contribution in [-0.4, -0.2) is 19.0 Å². The van der Waals surface area contributed by atoms with Crippen molar-refractivity contribution in [1.82, 2.24) is 0 Å². The van der Waals surface area contributed by atoms with Gasteiger partial charge in [0.1, 0.15) is 10.6 Å². The lowest BCUT2D eigenvalue weighted by Crippen LogP contribution is -2.14. The molecule has 4 nitrogen and oxygen atoms in total. The van der Waals surface area contributed by atoms with Crippen molar-refractivity contribution in [3.05, 3.63) is 74.7 Å². The number of hydrogen-bond donors (Lipinski definition) is 1. The van der Waals surface area contributed by atoms with E-state index >= 15 is 0 Å². The van der Waals surface area contributed by atoms with E-state index in [0.29, 0.717) is 16.1 Å². The van der Waals surface area contributed by atoms with Gasteiger partial charge in [-0.1, -0.05) is 24.3 Å². The van der Waals surface area contributed by atoms with Crippen LogP contribution in [0.15, 0.2) is 36.4 Å². The van der Waals surface area contributed by atoms with Gasteiger partial charge in [0.15, 0.2) is 0 Å². The second-order valence-corrected chi connectivity index (χ2v) is 8.51. The summed E-state index contributed by atoms with van der Waals surface area (Å²) in [4.78, 5) is 26.4. The number of rotatable bonds is 4. The number of carbonyl (C=O) groups excluding carboxylic acids is 2. The zero-order valence-corrected chi connectivity index (χ0v) is 18.4. The summed E-state index contributed by atoms with van der Waals surface area (Å²) in [6, 6.07) is 11.7. The van der Waals surface area contributed by atoms with E-state index in [9.17, 15) is 9.59 Å². The van der Waals surface area contributed by atoms with E-state index < -0.39 is 5.97 Å². The molecule has 0 saturated heterocycles.